The predicted molar refractivity (Wildman–Crippen MR) is 101 cm³/mol. The van der Waals surface area contributed by atoms with Gasteiger partial charge in [0.05, 0.1) is 13.2 Å². The van der Waals surface area contributed by atoms with Gasteiger partial charge in [0.15, 0.2) is 0 Å². The normalized spacial score (nSPS) is 18.5. The maximum atomic E-state index is 12.9. The molecule has 0 bridgehead atoms. The lowest BCUT2D eigenvalue weighted by Crippen LogP contribution is -2.55. The van der Waals surface area contributed by atoms with E-state index in [1.165, 1.54) is 16.7 Å². The van der Waals surface area contributed by atoms with Crippen molar-refractivity contribution in [1.29, 1.82) is 0 Å². The van der Waals surface area contributed by atoms with E-state index in [1.54, 1.807) is 7.11 Å². The Labute approximate surface area is 150 Å². The third-order valence-corrected chi connectivity index (χ3v) is 5.10. The van der Waals surface area contributed by atoms with Gasteiger partial charge in [-0.2, -0.15) is 0 Å². The van der Waals surface area contributed by atoms with Gasteiger partial charge < -0.3 is 9.64 Å². The SMILES string of the molecule is COc1cccc(CN2CCN(c3ccc(C)c(C)c3)C(=O)[C@H]2C)c1. The first-order valence-electron chi connectivity index (χ1n) is 8.75. The van der Waals surface area contributed by atoms with Crippen LogP contribution in [0.4, 0.5) is 5.69 Å². The molecular weight excluding hydrogens is 312 g/mol. The minimum Gasteiger partial charge on any atom is -0.497 e. The third kappa shape index (κ3) is 3.69. The van der Waals surface area contributed by atoms with E-state index in [0.29, 0.717) is 0 Å². The average Bonchev–Trinajstić information content (AvgIpc) is 2.62. The molecule has 0 saturated carbocycles. The highest BCUT2D eigenvalue weighted by Gasteiger charge is 2.32. The lowest BCUT2D eigenvalue weighted by Gasteiger charge is -2.39. The first kappa shape index (κ1) is 17.5. The second-order valence-electron chi connectivity index (χ2n) is 6.76. The van der Waals surface area contributed by atoms with Crippen molar-refractivity contribution < 1.29 is 9.53 Å². The zero-order valence-electron chi connectivity index (χ0n) is 15.5. The average molecular weight is 338 g/mol. The number of ether oxygens (including phenoxy) is 1. The van der Waals surface area contributed by atoms with E-state index in [4.69, 9.17) is 4.74 Å². The summed E-state index contributed by atoms with van der Waals surface area (Å²) in [5, 5.41) is 0. The van der Waals surface area contributed by atoms with E-state index >= 15 is 0 Å². The lowest BCUT2D eigenvalue weighted by atomic mass is 10.1. The summed E-state index contributed by atoms with van der Waals surface area (Å²) in [7, 11) is 1.67. The van der Waals surface area contributed by atoms with Crippen LogP contribution in [-0.2, 0) is 11.3 Å². The Bertz CT molecular complexity index is 772. The first-order chi connectivity index (χ1) is 12.0. The molecule has 2 aromatic rings. The van der Waals surface area contributed by atoms with Gasteiger partial charge in [-0.15, -0.1) is 0 Å². The minimum absolute atomic E-state index is 0.137. The van der Waals surface area contributed by atoms with Crippen LogP contribution in [0.5, 0.6) is 5.75 Å². The molecule has 0 aromatic heterocycles. The van der Waals surface area contributed by atoms with Gasteiger partial charge in [-0.1, -0.05) is 18.2 Å². The largest absolute Gasteiger partial charge is 0.497 e. The number of benzene rings is 2. The number of amides is 1. The van der Waals surface area contributed by atoms with Crippen LogP contribution in [-0.4, -0.2) is 37.0 Å². The molecule has 0 spiro atoms. The van der Waals surface area contributed by atoms with E-state index in [9.17, 15) is 4.79 Å². The fourth-order valence-corrected chi connectivity index (χ4v) is 3.29. The summed E-state index contributed by atoms with van der Waals surface area (Å²) in [5.41, 5.74) is 4.64. The van der Waals surface area contributed by atoms with Crippen LogP contribution in [0, 0.1) is 13.8 Å². The van der Waals surface area contributed by atoms with Crippen LogP contribution >= 0.6 is 0 Å². The molecule has 4 heteroatoms. The molecule has 1 aliphatic heterocycles. The van der Waals surface area contributed by atoms with Gasteiger partial charge in [-0.25, -0.2) is 0 Å². The second-order valence-corrected chi connectivity index (χ2v) is 6.76. The summed E-state index contributed by atoms with van der Waals surface area (Å²) < 4.78 is 5.29. The molecule has 3 rings (SSSR count). The summed E-state index contributed by atoms with van der Waals surface area (Å²) in [5.74, 6) is 1.02. The maximum absolute atomic E-state index is 12.9. The molecule has 0 radical (unpaired) electrons. The van der Waals surface area contributed by atoms with E-state index < -0.39 is 0 Å². The number of anilines is 1. The summed E-state index contributed by atoms with van der Waals surface area (Å²) in [6, 6.07) is 14.2. The zero-order valence-corrected chi connectivity index (χ0v) is 15.5. The first-order valence-corrected chi connectivity index (χ1v) is 8.75. The Morgan fingerprint density at radius 2 is 1.88 bits per heavy atom. The van der Waals surface area contributed by atoms with Crippen LogP contribution in [0.15, 0.2) is 42.5 Å². The minimum atomic E-state index is -0.137. The Hall–Kier alpha value is -2.33. The van der Waals surface area contributed by atoms with E-state index in [2.05, 4.69) is 36.9 Å². The number of rotatable bonds is 4. The molecule has 1 amide bonds. The molecule has 1 heterocycles. The van der Waals surface area contributed by atoms with Crippen molar-refractivity contribution in [2.45, 2.75) is 33.4 Å². The number of hydrogen-bond donors (Lipinski definition) is 0. The number of methoxy groups -OCH3 is 1. The van der Waals surface area contributed by atoms with Gasteiger partial charge in [-0.3, -0.25) is 9.69 Å². The van der Waals surface area contributed by atoms with Crippen molar-refractivity contribution in [2.75, 3.05) is 25.1 Å². The Morgan fingerprint density at radius 1 is 1.08 bits per heavy atom. The molecule has 25 heavy (non-hydrogen) atoms. The van der Waals surface area contributed by atoms with Crippen molar-refractivity contribution in [3.05, 3.63) is 59.2 Å². The molecule has 0 N–H and O–H groups in total. The van der Waals surface area contributed by atoms with E-state index in [1.807, 2.05) is 36.1 Å². The predicted octanol–water partition coefficient (Wildman–Crippen LogP) is 3.55. The van der Waals surface area contributed by atoms with Crippen LogP contribution in [0.1, 0.15) is 23.6 Å². The van der Waals surface area contributed by atoms with Crippen LogP contribution < -0.4 is 9.64 Å². The standard InChI is InChI=1S/C21H26N2O2/c1-15-8-9-19(12-16(15)2)23-11-10-22(17(3)21(23)24)14-18-6-5-7-20(13-18)25-4/h5-9,12-13,17H,10-11,14H2,1-4H3/t17-/m1/s1. The highest BCUT2D eigenvalue weighted by atomic mass is 16.5. The Balaban J connectivity index is 1.73. The van der Waals surface area contributed by atoms with Gasteiger partial charge in [0, 0.05) is 25.3 Å². The summed E-state index contributed by atoms with van der Waals surface area (Å²) >= 11 is 0. The van der Waals surface area contributed by atoms with Crippen molar-refractivity contribution >= 4 is 11.6 Å². The molecule has 1 saturated heterocycles. The maximum Gasteiger partial charge on any atom is 0.244 e. The van der Waals surface area contributed by atoms with Crippen molar-refractivity contribution in [3.8, 4) is 5.75 Å². The van der Waals surface area contributed by atoms with Crippen molar-refractivity contribution in [2.24, 2.45) is 0 Å². The Kier molecular flexibility index (Phi) is 5.09. The van der Waals surface area contributed by atoms with Crippen molar-refractivity contribution in [1.82, 2.24) is 4.90 Å². The van der Waals surface area contributed by atoms with Gasteiger partial charge in [0.2, 0.25) is 5.91 Å². The number of piperazine rings is 1. The molecule has 0 aliphatic carbocycles. The van der Waals surface area contributed by atoms with Gasteiger partial charge in [0.25, 0.3) is 0 Å². The van der Waals surface area contributed by atoms with Crippen LogP contribution in [0.25, 0.3) is 0 Å². The summed E-state index contributed by atoms with van der Waals surface area (Å²) in [4.78, 5) is 17.1. The fourth-order valence-electron chi connectivity index (χ4n) is 3.29. The topological polar surface area (TPSA) is 32.8 Å². The lowest BCUT2D eigenvalue weighted by molar-refractivity contribution is -0.125. The third-order valence-electron chi connectivity index (χ3n) is 5.10. The molecule has 1 atom stereocenters. The number of hydrogen-bond acceptors (Lipinski definition) is 3. The number of carbonyl (C=O) groups excluding carboxylic acids is 1. The smallest absolute Gasteiger partial charge is 0.244 e. The summed E-state index contributed by atoms with van der Waals surface area (Å²) in [6.45, 7) is 8.51. The van der Waals surface area contributed by atoms with E-state index in [0.717, 1.165) is 31.1 Å². The fraction of sp³-hybridized carbons (Fsp3) is 0.381. The molecule has 0 unspecified atom stereocenters. The molecule has 2 aromatic carbocycles. The highest BCUT2D eigenvalue weighted by molar-refractivity contribution is 5.97. The number of carbonyl (C=O) groups is 1. The molecule has 1 aliphatic rings. The Morgan fingerprint density at radius 3 is 2.60 bits per heavy atom. The van der Waals surface area contributed by atoms with Gasteiger partial charge in [-0.05, 0) is 61.7 Å². The van der Waals surface area contributed by atoms with Gasteiger partial charge in [0.1, 0.15) is 5.75 Å². The second kappa shape index (κ2) is 7.28. The number of nitrogens with zero attached hydrogens (tertiary/aromatic N) is 2. The van der Waals surface area contributed by atoms with Crippen LogP contribution in [0.2, 0.25) is 0 Å². The molecule has 132 valence electrons. The van der Waals surface area contributed by atoms with E-state index in [-0.39, 0.29) is 11.9 Å². The van der Waals surface area contributed by atoms with Gasteiger partial charge >= 0.3 is 0 Å². The highest BCUT2D eigenvalue weighted by Crippen LogP contribution is 2.24. The van der Waals surface area contributed by atoms with Crippen molar-refractivity contribution in [3.63, 3.8) is 0 Å². The number of aryl methyl sites for hydroxylation is 2. The quantitative estimate of drug-likeness (QED) is 0.855. The summed E-state index contributed by atoms with van der Waals surface area (Å²) in [6.07, 6.45) is 0. The monoisotopic (exact) mass is 338 g/mol. The molecular formula is C21H26N2O2. The molecule has 1 fully saturated rings. The van der Waals surface area contributed by atoms with Crippen LogP contribution in [0.3, 0.4) is 0 Å². The molecule has 4 nitrogen and oxygen atoms in total. The zero-order chi connectivity index (χ0) is 18.0.